The van der Waals surface area contributed by atoms with Crippen molar-refractivity contribution in [1.29, 1.82) is 0 Å². The average Bonchev–Trinajstić information content (AvgIpc) is 3.25. The lowest BCUT2D eigenvalue weighted by atomic mass is 10.0. The van der Waals surface area contributed by atoms with Crippen molar-refractivity contribution in [3.8, 4) is 0 Å². The monoisotopic (exact) mass is 874 g/mol. The fourth-order valence-corrected chi connectivity index (χ4v) is 7.05. The summed E-state index contributed by atoms with van der Waals surface area (Å²) in [6, 6.07) is 0. The number of phosphoric ester groups is 1. The van der Waals surface area contributed by atoms with E-state index in [9.17, 15) is 19.0 Å². The van der Waals surface area contributed by atoms with E-state index >= 15 is 0 Å². The third-order valence-corrected chi connectivity index (χ3v) is 10.8. The van der Waals surface area contributed by atoms with Crippen LogP contribution in [0.25, 0.3) is 0 Å². The standard InChI is InChI=1S/C51H88NO8P/c1-3-5-7-9-11-13-15-17-18-19-20-21-22-23-24-25-26-27-28-29-30-32-34-36-38-40-42-44-51(54)60-49(48-59-61(55,56)58-46-45-52)47-57-50(53)43-41-39-37-35-33-31-16-14-12-10-8-6-4-2/h5-8,11-14,17-18,20-21,31,33,49H,3-4,9-10,15-16,19,22-30,32,34-48,52H2,1-2H3,(H,55,56)/b7-5-,8-6-,13-11-,14-12-,18-17-,21-20-,33-31-. The van der Waals surface area contributed by atoms with E-state index < -0.39 is 32.5 Å². The van der Waals surface area contributed by atoms with Crippen molar-refractivity contribution in [3.05, 3.63) is 85.1 Å². The maximum Gasteiger partial charge on any atom is 0.472 e. The predicted octanol–water partition coefficient (Wildman–Crippen LogP) is 14.4. The van der Waals surface area contributed by atoms with Crippen LogP contribution in [0.4, 0.5) is 0 Å². The second-order valence-electron chi connectivity index (χ2n) is 15.6. The minimum atomic E-state index is -4.39. The number of unbranched alkanes of at least 4 members (excludes halogenated alkanes) is 17. The molecule has 0 aliphatic carbocycles. The van der Waals surface area contributed by atoms with Crippen molar-refractivity contribution in [1.82, 2.24) is 0 Å². The summed E-state index contributed by atoms with van der Waals surface area (Å²) in [5.41, 5.74) is 5.35. The number of esters is 2. The van der Waals surface area contributed by atoms with E-state index in [-0.39, 0.29) is 32.6 Å². The first-order valence-corrected chi connectivity index (χ1v) is 25.6. The largest absolute Gasteiger partial charge is 0.472 e. The molecule has 0 aliphatic heterocycles. The molecule has 10 heteroatoms. The van der Waals surface area contributed by atoms with E-state index in [1.165, 1.54) is 70.6 Å². The molecule has 0 radical (unpaired) electrons. The van der Waals surface area contributed by atoms with Crippen molar-refractivity contribution < 1.29 is 37.6 Å². The molecule has 0 aromatic carbocycles. The van der Waals surface area contributed by atoms with Crippen LogP contribution in [0.3, 0.4) is 0 Å². The van der Waals surface area contributed by atoms with Gasteiger partial charge in [-0.2, -0.15) is 0 Å². The molecule has 0 bridgehead atoms. The third kappa shape index (κ3) is 46.5. The van der Waals surface area contributed by atoms with Gasteiger partial charge in [0.15, 0.2) is 6.10 Å². The zero-order valence-corrected chi connectivity index (χ0v) is 39.5. The number of carbonyl (C=O) groups is 2. The SMILES string of the molecule is CC/C=C\C/C=C\C/C=C\C/C=C\CCCCCCCCCCCCCCCCC(=O)OC(COC(=O)CCCCC/C=C\C/C=C\C/C=C\CC)COP(=O)(O)OCCN. The first-order valence-electron chi connectivity index (χ1n) is 24.1. The third-order valence-electron chi connectivity index (χ3n) is 9.78. The number of phosphoric acid groups is 1. The minimum absolute atomic E-state index is 0.0457. The molecule has 2 atom stereocenters. The molecule has 2 unspecified atom stereocenters. The van der Waals surface area contributed by atoms with Crippen LogP contribution in [-0.4, -0.2) is 49.3 Å². The minimum Gasteiger partial charge on any atom is -0.462 e. The molecule has 3 N–H and O–H groups in total. The van der Waals surface area contributed by atoms with E-state index in [2.05, 4.69) is 98.9 Å². The molecular weight excluding hydrogens is 786 g/mol. The van der Waals surface area contributed by atoms with E-state index in [0.717, 1.165) is 83.5 Å². The molecule has 0 amide bonds. The van der Waals surface area contributed by atoms with E-state index in [1.807, 2.05) is 0 Å². The van der Waals surface area contributed by atoms with Gasteiger partial charge in [-0.25, -0.2) is 4.57 Å². The van der Waals surface area contributed by atoms with Gasteiger partial charge in [-0.15, -0.1) is 0 Å². The van der Waals surface area contributed by atoms with Gasteiger partial charge in [0, 0.05) is 19.4 Å². The van der Waals surface area contributed by atoms with Crippen LogP contribution in [0.15, 0.2) is 85.1 Å². The normalized spacial score (nSPS) is 14.0. The van der Waals surface area contributed by atoms with Gasteiger partial charge < -0.3 is 20.1 Å². The molecule has 9 nitrogen and oxygen atoms in total. The van der Waals surface area contributed by atoms with Crippen LogP contribution in [0.2, 0.25) is 0 Å². The summed E-state index contributed by atoms with van der Waals surface area (Å²) in [7, 11) is -4.39. The van der Waals surface area contributed by atoms with E-state index in [1.54, 1.807) is 0 Å². The van der Waals surface area contributed by atoms with Crippen molar-refractivity contribution in [2.24, 2.45) is 5.73 Å². The average molecular weight is 874 g/mol. The maximum absolute atomic E-state index is 12.6. The lowest BCUT2D eigenvalue weighted by Gasteiger charge is -2.19. The highest BCUT2D eigenvalue weighted by atomic mass is 31.2. The highest BCUT2D eigenvalue weighted by Crippen LogP contribution is 2.43. The van der Waals surface area contributed by atoms with Crippen LogP contribution in [-0.2, 0) is 32.7 Å². The van der Waals surface area contributed by atoms with Gasteiger partial charge in [-0.05, 0) is 83.5 Å². The molecule has 0 saturated carbocycles. The molecule has 0 saturated heterocycles. The molecule has 0 fully saturated rings. The Morgan fingerprint density at radius 3 is 1.28 bits per heavy atom. The van der Waals surface area contributed by atoms with Gasteiger partial charge in [-0.1, -0.05) is 182 Å². The number of rotatable bonds is 44. The summed E-state index contributed by atoms with van der Waals surface area (Å²) >= 11 is 0. The van der Waals surface area contributed by atoms with Gasteiger partial charge in [0.25, 0.3) is 0 Å². The number of hydrogen-bond donors (Lipinski definition) is 2. The Labute approximate surface area is 373 Å². The number of ether oxygens (including phenoxy) is 2. The summed E-state index contributed by atoms with van der Waals surface area (Å²) in [5, 5.41) is 0. The first kappa shape index (κ1) is 58.2. The van der Waals surface area contributed by atoms with Crippen molar-refractivity contribution in [3.63, 3.8) is 0 Å². The molecule has 0 aromatic heterocycles. The zero-order chi connectivity index (χ0) is 44.6. The number of allylic oxidation sites excluding steroid dienone is 14. The highest BCUT2D eigenvalue weighted by molar-refractivity contribution is 7.47. The molecule has 0 aliphatic rings. The molecule has 350 valence electrons. The zero-order valence-electron chi connectivity index (χ0n) is 38.6. The van der Waals surface area contributed by atoms with Gasteiger partial charge in [0.2, 0.25) is 0 Å². The Balaban J connectivity index is 4.03. The molecular formula is C51H88NO8P. The fourth-order valence-electron chi connectivity index (χ4n) is 6.29. The van der Waals surface area contributed by atoms with Crippen LogP contribution in [0.5, 0.6) is 0 Å². The Morgan fingerprint density at radius 1 is 0.492 bits per heavy atom. The van der Waals surface area contributed by atoms with Crippen molar-refractivity contribution in [2.45, 2.75) is 200 Å². The second-order valence-corrected chi connectivity index (χ2v) is 17.0. The lowest BCUT2D eigenvalue weighted by Crippen LogP contribution is -2.29. The van der Waals surface area contributed by atoms with Crippen LogP contribution in [0.1, 0.15) is 194 Å². The van der Waals surface area contributed by atoms with Gasteiger partial charge >= 0.3 is 19.8 Å². The number of hydrogen-bond acceptors (Lipinski definition) is 8. The molecule has 0 spiro atoms. The highest BCUT2D eigenvalue weighted by Gasteiger charge is 2.26. The van der Waals surface area contributed by atoms with Crippen LogP contribution >= 0.6 is 7.82 Å². The first-order chi connectivity index (χ1) is 29.8. The Bertz CT molecular complexity index is 1270. The quantitative estimate of drug-likeness (QED) is 0.0265. The summed E-state index contributed by atoms with van der Waals surface area (Å²) in [4.78, 5) is 34.9. The Morgan fingerprint density at radius 2 is 0.852 bits per heavy atom. The lowest BCUT2D eigenvalue weighted by molar-refractivity contribution is -0.161. The van der Waals surface area contributed by atoms with Crippen molar-refractivity contribution >= 4 is 19.8 Å². The topological polar surface area (TPSA) is 134 Å². The van der Waals surface area contributed by atoms with Gasteiger partial charge in [-0.3, -0.25) is 18.6 Å². The summed E-state index contributed by atoms with van der Waals surface area (Å²) in [6.07, 6.45) is 59.2. The molecule has 0 aromatic rings. The smallest absolute Gasteiger partial charge is 0.462 e. The van der Waals surface area contributed by atoms with Crippen LogP contribution in [0, 0.1) is 0 Å². The predicted molar refractivity (Wildman–Crippen MR) is 256 cm³/mol. The van der Waals surface area contributed by atoms with Gasteiger partial charge in [0.1, 0.15) is 6.61 Å². The van der Waals surface area contributed by atoms with Crippen LogP contribution < -0.4 is 5.73 Å². The number of nitrogens with two attached hydrogens (primary N) is 1. The molecule has 61 heavy (non-hydrogen) atoms. The maximum atomic E-state index is 12.6. The second kappa shape index (κ2) is 46.7. The van der Waals surface area contributed by atoms with E-state index in [4.69, 9.17) is 24.3 Å². The van der Waals surface area contributed by atoms with Crippen molar-refractivity contribution in [2.75, 3.05) is 26.4 Å². The molecule has 0 heterocycles. The summed E-state index contributed by atoms with van der Waals surface area (Å²) in [6.45, 7) is 3.47. The fraction of sp³-hybridized carbons (Fsp3) is 0.686. The van der Waals surface area contributed by atoms with E-state index in [0.29, 0.717) is 12.8 Å². The Kier molecular flexibility index (Phi) is 44.5. The number of carbonyl (C=O) groups excluding carboxylic acids is 2. The summed E-state index contributed by atoms with van der Waals surface area (Å²) < 4.78 is 32.8. The summed E-state index contributed by atoms with van der Waals surface area (Å²) in [5.74, 6) is -0.867. The Hall–Kier alpha value is -2.81. The molecule has 0 rings (SSSR count). The van der Waals surface area contributed by atoms with Gasteiger partial charge in [0.05, 0.1) is 13.2 Å².